The molecule has 0 unspecified atom stereocenters. The van der Waals surface area contributed by atoms with Crippen molar-refractivity contribution < 1.29 is 9.59 Å². The maximum Gasteiger partial charge on any atom is 0.241 e. The van der Waals surface area contributed by atoms with E-state index in [0.29, 0.717) is 18.8 Å². The van der Waals surface area contributed by atoms with Crippen LogP contribution in [-0.4, -0.2) is 42.3 Å². The molecule has 0 aliphatic heterocycles. The van der Waals surface area contributed by atoms with Crippen LogP contribution in [0.3, 0.4) is 0 Å². The Balaban J connectivity index is 2.57. The summed E-state index contributed by atoms with van der Waals surface area (Å²) in [6.45, 7) is 2.04. The van der Waals surface area contributed by atoms with E-state index in [1.807, 2.05) is 0 Å². The first-order chi connectivity index (χ1) is 7.79. The van der Waals surface area contributed by atoms with Gasteiger partial charge in [-0.25, -0.2) is 0 Å². The van der Waals surface area contributed by atoms with Crippen LogP contribution in [0.1, 0.15) is 19.8 Å². The van der Waals surface area contributed by atoms with Gasteiger partial charge in [-0.2, -0.15) is 0 Å². The summed E-state index contributed by atoms with van der Waals surface area (Å²) in [4.78, 5) is 25.0. The third-order valence-corrected chi connectivity index (χ3v) is 3.59. The van der Waals surface area contributed by atoms with E-state index in [2.05, 4.69) is 12.2 Å². The molecule has 1 fully saturated rings. The summed E-state index contributed by atoms with van der Waals surface area (Å²) in [7, 11) is 3.28. The molecule has 1 aliphatic carbocycles. The highest BCUT2D eigenvalue weighted by Gasteiger charge is 2.50. The number of hydrogen-bond acceptors (Lipinski definition) is 3. The molecule has 0 aromatic carbocycles. The van der Waals surface area contributed by atoms with E-state index in [0.717, 1.165) is 0 Å². The molecule has 1 rings (SSSR count). The van der Waals surface area contributed by atoms with Crippen molar-refractivity contribution in [1.29, 1.82) is 0 Å². The zero-order chi connectivity index (χ0) is 13.2. The summed E-state index contributed by atoms with van der Waals surface area (Å²) in [6.07, 6.45) is 1.34. The molecule has 6 heteroatoms. The van der Waals surface area contributed by atoms with Crippen LogP contribution in [0.15, 0.2) is 0 Å². The topological polar surface area (TPSA) is 75.4 Å². The van der Waals surface area contributed by atoms with Gasteiger partial charge in [-0.1, -0.05) is 19.1 Å². The molecule has 0 saturated heterocycles. The van der Waals surface area contributed by atoms with Crippen molar-refractivity contribution in [3.63, 3.8) is 0 Å². The second-order valence-electron chi connectivity index (χ2n) is 4.93. The van der Waals surface area contributed by atoms with Gasteiger partial charge >= 0.3 is 0 Å². The zero-order valence-corrected chi connectivity index (χ0v) is 11.3. The number of likely N-dealkylation sites (N-methyl/N-ethyl adjacent to an activating group) is 1. The van der Waals surface area contributed by atoms with E-state index in [4.69, 9.17) is 18.0 Å². The minimum Gasteiger partial charge on any atom is -0.392 e. The number of rotatable bonds is 4. The predicted molar refractivity (Wildman–Crippen MR) is 69.3 cm³/mol. The SMILES string of the molecule is CC1CC(C(=O)NCC(=O)N(C)C)(C(N)=S)C1. The Bertz CT molecular complexity index is 349. The quantitative estimate of drug-likeness (QED) is 0.689. The van der Waals surface area contributed by atoms with Crippen LogP contribution in [0, 0.1) is 11.3 Å². The van der Waals surface area contributed by atoms with Crippen LogP contribution in [0.5, 0.6) is 0 Å². The Hall–Kier alpha value is -1.17. The summed E-state index contributed by atoms with van der Waals surface area (Å²) in [5, 5.41) is 2.61. The first-order valence-corrected chi connectivity index (χ1v) is 5.99. The number of nitrogens with one attached hydrogen (secondary N) is 1. The predicted octanol–water partition coefficient (Wildman–Crippen LogP) is -0.107. The first-order valence-electron chi connectivity index (χ1n) is 5.58. The lowest BCUT2D eigenvalue weighted by Gasteiger charge is -2.44. The second-order valence-corrected chi connectivity index (χ2v) is 5.37. The first kappa shape index (κ1) is 13.9. The van der Waals surface area contributed by atoms with Crippen molar-refractivity contribution in [1.82, 2.24) is 10.2 Å². The van der Waals surface area contributed by atoms with Crippen LogP contribution in [0.25, 0.3) is 0 Å². The number of carbonyl (C=O) groups excluding carboxylic acids is 2. The fourth-order valence-corrected chi connectivity index (χ4v) is 2.37. The van der Waals surface area contributed by atoms with Crippen molar-refractivity contribution in [2.45, 2.75) is 19.8 Å². The minimum absolute atomic E-state index is 0.00935. The molecule has 5 nitrogen and oxygen atoms in total. The minimum atomic E-state index is -0.735. The molecule has 1 saturated carbocycles. The lowest BCUT2D eigenvalue weighted by atomic mass is 9.62. The number of amides is 2. The van der Waals surface area contributed by atoms with Crippen LogP contribution >= 0.6 is 12.2 Å². The normalized spacial score (nSPS) is 26.9. The van der Waals surface area contributed by atoms with Crippen molar-refractivity contribution in [2.24, 2.45) is 17.1 Å². The average Bonchev–Trinajstić information content (AvgIpc) is 2.19. The summed E-state index contributed by atoms with van der Waals surface area (Å²) in [5.41, 5.74) is 4.90. The molecule has 3 N–H and O–H groups in total. The Morgan fingerprint density at radius 1 is 1.47 bits per heavy atom. The van der Waals surface area contributed by atoms with Crippen molar-refractivity contribution in [3.05, 3.63) is 0 Å². The highest BCUT2D eigenvalue weighted by Crippen LogP contribution is 2.45. The standard InChI is InChI=1S/C11H19N3O2S/c1-7-4-11(5-7,9(12)17)10(16)13-6-8(15)14(2)3/h7H,4-6H2,1-3H3,(H2,12,17)(H,13,16). The second kappa shape index (κ2) is 5.00. The Labute approximate surface area is 107 Å². The van der Waals surface area contributed by atoms with E-state index in [9.17, 15) is 9.59 Å². The van der Waals surface area contributed by atoms with Crippen LogP contribution in [0.2, 0.25) is 0 Å². The molecule has 0 heterocycles. The van der Waals surface area contributed by atoms with Crippen molar-refractivity contribution >= 4 is 29.0 Å². The van der Waals surface area contributed by atoms with Gasteiger partial charge in [-0.05, 0) is 18.8 Å². The molecule has 0 atom stereocenters. The smallest absolute Gasteiger partial charge is 0.241 e. The van der Waals surface area contributed by atoms with Gasteiger partial charge in [0.2, 0.25) is 11.8 Å². The average molecular weight is 257 g/mol. The number of thiocarbonyl (C=S) groups is 1. The molecule has 0 bridgehead atoms. The van der Waals surface area contributed by atoms with E-state index < -0.39 is 5.41 Å². The fraction of sp³-hybridized carbons (Fsp3) is 0.727. The molecule has 0 aromatic rings. The molecule has 0 aromatic heterocycles. The Kier molecular flexibility index (Phi) is 4.08. The molecule has 0 spiro atoms. The zero-order valence-electron chi connectivity index (χ0n) is 10.4. The third-order valence-electron chi connectivity index (χ3n) is 3.20. The summed E-state index contributed by atoms with van der Waals surface area (Å²) >= 11 is 4.96. The molecule has 96 valence electrons. The molecule has 1 aliphatic rings. The van der Waals surface area contributed by atoms with Gasteiger partial charge < -0.3 is 16.0 Å². The molecule has 0 radical (unpaired) electrons. The maximum absolute atomic E-state index is 12.0. The number of carbonyl (C=O) groups is 2. The van der Waals surface area contributed by atoms with Crippen LogP contribution < -0.4 is 11.1 Å². The summed E-state index contributed by atoms with van der Waals surface area (Å²) in [5.74, 6) is 0.0777. The van der Waals surface area contributed by atoms with Gasteiger partial charge in [0.25, 0.3) is 0 Å². The summed E-state index contributed by atoms with van der Waals surface area (Å²) < 4.78 is 0. The van der Waals surface area contributed by atoms with E-state index >= 15 is 0 Å². The van der Waals surface area contributed by atoms with Gasteiger partial charge in [-0.15, -0.1) is 0 Å². The van der Waals surface area contributed by atoms with Gasteiger partial charge in [0, 0.05) is 14.1 Å². The highest BCUT2D eigenvalue weighted by atomic mass is 32.1. The van der Waals surface area contributed by atoms with Crippen molar-refractivity contribution in [2.75, 3.05) is 20.6 Å². The third kappa shape index (κ3) is 2.74. The van der Waals surface area contributed by atoms with Gasteiger partial charge in [0.1, 0.15) is 0 Å². The number of nitrogens with zero attached hydrogens (tertiary/aromatic N) is 1. The molecular formula is C11H19N3O2S. The molecular weight excluding hydrogens is 238 g/mol. The fourth-order valence-electron chi connectivity index (χ4n) is 2.11. The van der Waals surface area contributed by atoms with Crippen LogP contribution in [-0.2, 0) is 9.59 Å². The van der Waals surface area contributed by atoms with Gasteiger partial charge in [0.15, 0.2) is 0 Å². The van der Waals surface area contributed by atoms with E-state index in [-0.39, 0.29) is 23.3 Å². The number of nitrogens with two attached hydrogens (primary N) is 1. The van der Waals surface area contributed by atoms with Gasteiger partial charge in [0.05, 0.1) is 16.9 Å². The van der Waals surface area contributed by atoms with Crippen LogP contribution in [0.4, 0.5) is 0 Å². The lowest BCUT2D eigenvalue weighted by Crippen LogP contribution is -2.57. The molecule has 17 heavy (non-hydrogen) atoms. The van der Waals surface area contributed by atoms with E-state index in [1.165, 1.54) is 4.90 Å². The monoisotopic (exact) mass is 257 g/mol. The Morgan fingerprint density at radius 2 is 2.00 bits per heavy atom. The summed E-state index contributed by atoms with van der Waals surface area (Å²) in [6, 6.07) is 0. The van der Waals surface area contributed by atoms with Gasteiger partial charge in [-0.3, -0.25) is 9.59 Å². The largest absolute Gasteiger partial charge is 0.392 e. The molecule has 2 amide bonds. The lowest BCUT2D eigenvalue weighted by molar-refractivity contribution is -0.136. The van der Waals surface area contributed by atoms with Crippen molar-refractivity contribution in [3.8, 4) is 0 Å². The Morgan fingerprint density at radius 3 is 2.35 bits per heavy atom. The maximum atomic E-state index is 12.0. The highest BCUT2D eigenvalue weighted by molar-refractivity contribution is 7.80. The number of hydrogen-bond donors (Lipinski definition) is 2. The van der Waals surface area contributed by atoms with E-state index in [1.54, 1.807) is 14.1 Å².